The number of carbonyl (C=O) groups excluding carboxylic acids is 1. The van der Waals surface area contributed by atoms with Gasteiger partial charge in [0.05, 0.1) is 23.0 Å². The summed E-state index contributed by atoms with van der Waals surface area (Å²) in [6, 6.07) is 7.76. The number of aryl methyl sites for hydroxylation is 1. The van der Waals surface area contributed by atoms with Crippen molar-refractivity contribution in [1.82, 2.24) is 9.78 Å². The number of aromatic nitrogens is 2. The van der Waals surface area contributed by atoms with E-state index >= 15 is 0 Å². The van der Waals surface area contributed by atoms with Gasteiger partial charge in [0.25, 0.3) is 5.91 Å². The molecule has 4 nitrogen and oxygen atoms in total. The van der Waals surface area contributed by atoms with Gasteiger partial charge in [-0.25, -0.2) is 4.99 Å². The average molecular weight is 286 g/mol. The van der Waals surface area contributed by atoms with Crippen LogP contribution in [0.2, 0.25) is 5.02 Å². The van der Waals surface area contributed by atoms with Gasteiger partial charge in [-0.3, -0.25) is 9.48 Å². The summed E-state index contributed by atoms with van der Waals surface area (Å²) in [6.45, 7) is 1.93. The summed E-state index contributed by atoms with van der Waals surface area (Å²) in [5.41, 5.74) is 4.01. The van der Waals surface area contributed by atoms with Crippen molar-refractivity contribution in [3.63, 3.8) is 0 Å². The molecule has 5 heteroatoms. The van der Waals surface area contributed by atoms with E-state index in [1.54, 1.807) is 0 Å². The third-order valence-electron chi connectivity index (χ3n) is 3.75. The van der Waals surface area contributed by atoms with Gasteiger partial charge in [0, 0.05) is 10.6 Å². The molecule has 2 aliphatic rings. The monoisotopic (exact) mass is 285 g/mol. The first-order valence-electron chi connectivity index (χ1n) is 6.63. The number of benzene rings is 1. The zero-order valence-electron chi connectivity index (χ0n) is 10.9. The molecule has 1 saturated carbocycles. The maximum absolute atomic E-state index is 12.2. The molecule has 1 aromatic heterocycles. The molecule has 1 aliphatic heterocycles. The molecule has 1 aliphatic carbocycles. The number of carbonyl (C=O) groups is 1. The number of aliphatic imine (C=N–C) groups is 1. The molecular formula is C15H12ClN3O. The zero-order chi connectivity index (χ0) is 13.9. The first-order chi connectivity index (χ1) is 9.65. The molecule has 0 bridgehead atoms. The van der Waals surface area contributed by atoms with Crippen LogP contribution in [0.1, 0.15) is 46.2 Å². The molecule has 1 amide bonds. The molecule has 1 fully saturated rings. The van der Waals surface area contributed by atoms with Crippen molar-refractivity contribution in [1.29, 1.82) is 0 Å². The summed E-state index contributed by atoms with van der Waals surface area (Å²) in [6.07, 6.45) is 2.19. The average Bonchev–Trinajstić information content (AvgIpc) is 3.13. The van der Waals surface area contributed by atoms with E-state index in [-0.39, 0.29) is 5.91 Å². The highest BCUT2D eigenvalue weighted by atomic mass is 35.5. The maximum Gasteiger partial charge on any atom is 0.296 e. The third kappa shape index (κ3) is 1.64. The molecular weight excluding hydrogens is 274 g/mol. The molecule has 2 aromatic rings. The molecule has 0 atom stereocenters. The van der Waals surface area contributed by atoms with Crippen LogP contribution in [0.5, 0.6) is 0 Å². The fourth-order valence-corrected chi connectivity index (χ4v) is 2.77. The zero-order valence-corrected chi connectivity index (χ0v) is 11.7. The van der Waals surface area contributed by atoms with E-state index < -0.39 is 0 Å². The minimum atomic E-state index is -0.183. The van der Waals surface area contributed by atoms with Gasteiger partial charge in [0.1, 0.15) is 5.69 Å². The second kappa shape index (κ2) is 4.03. The molecule has 0 spiro atoms. The van der Waals surface area contributed by atoms with Crippen LogP contribution in [-0.4, -0.2) is 21.4 Å². The van der Waals surface area contributed by atoms with E-state index in [2.05, 4.69) is 10.1 Å². The van der Waals surface area contributed by atoms with E-state index in [0.29, 0.717) is 22.5 Å². The normalized spacial score (nSPS) is 17.3. The number of hydrogen-bond acceptors (Lipinski definition) is 2. The molecule has 4 rings (SSSR count). The number of halogens is 1. The van der Waals surface area contributed by atoms with Gasteiger partial charge in [-0.15, -0.1) is 0 Å². The lowest BCUT2D eigenvalue weighted by atomic mass is 10.0. The lowest BCUT2D eigenvalue weighted by Gasteiger charge is -2.01. The first-order valence-corrected chi connectivity index (χ1v) is 7.01. The molecule has 1 aromatic carbocycles. The Morgan fingerprint density at radius 3 is 2.60 bits per heavy atom. The third-order valence-corrected chi connectivity index (χ3v) is 4.00. The van der Waals surface area contributed by atoms with Gasteiger partial charge in [0.15, 0.2) is 0 Å². The fourth-order valence-electron chi connectivity index (χ4n) is 2.65. The molecule has 0 unspecified atom stereocenters. The Hall–Kier alpha value is -1.94. The van der Waals surface area contributed by atoms with Crippen molar-refractivity contribution in [2.24, 2.45) is 4.99 Å². The highest BCUT2D eigenvalue weighted by Gasteiger charge is 2.37. The minimum absolute atomic E-state index is 0.183. The second-order valence-corrected chi connectivity index (χ2v) is 5.69. The molecule has 0 radical (unpaired) electrons. The highest BCUT2D eigenvalue weighted by molar-refractivity contribution is 6.31. The second-order valence-electron chi connectivity index (χ2n) is 5.26. The lowest BCUT2D eigenvalue weighted by Crippen LogP contribution is -2.05. The van der Waals surface area contributed by atoms with Gasteiger partial charge in [-0.2, -0.15) is 5.10 Å². The Bertz CT molecular complexity index is 754. The molecule has 0 saturated heterocycles. The number of amides is 1. The van der Waals surface area contributed by atoms with E-state index in [9.17, 15) is 4.79 Å². The predicted molar refractivity (Wildman–Crippen MR) is 76.7 cm³/mol. The molecule has 0 N–H and O–H groups in total. The first kappa shape index (κ1) is 11.9. The summed E-state index contributed by atoms with van der Waals surface area (Å²) < 4.78 is 1.86. The predicted octanol–water partition coefficient (Wildman–Crippen LogP) is 3.17. The summed E-state index contributed by atoms with van der Waals surface area (Å²) in [5.74, 6) is -0.183. The smallest absolute Gasteiger partial charge is 0.265 e. The Labute approximate surface area is 121 Å². The summed E-state index contributed by atoms with van der Waals surface area (Å²) in [5, 5.41) is 5.20. The Morgan fingerprint density at radius 1 is 1.25 bits per heavy atom. The molecule has 100 valence electrons. The number of nitrogens with zero attached hydrogens (tertiary/aromatic N) is 3. The van der Waals surface area contributed by atoms with Gasteiger partial charge in [0.2, 0.25) is 0 Å². The van der Waals surface area contributed by atoms with E-state index in [0.717, 1.165) is 29.7 Å². The van der Waals surface area contributed by atoms with Gasteiger partial charge < -0.3 is 0 Å². The fraction of sp³-hybridized carbons (Fsp3) is 0.267. The van der Waals surface area contributed by atoms with Crippen LogP contribution in [-0.2, 0) is 0 Å². The largest absolute Gasteiger partial charge is 0.296 e. The standard InChI is InChI=1S/C15H12ClN3O/c1-8-12-13(9-2-4-10(16)5-3-9)17-15(20)14(12)19(18-8)11-6-7-11/h2-5,11H,6-7H2,1H3. The van der Waals surface area contributed by atoms with Crippen LogP contribution >= 0.6 is 11.6 Å². The van der Waals surface area contributed by atoms with Crippen molar-refractivity contribution < 1.29 is 4.79 Å². The number of hydrogen-bond donors (Lipinski definition) is 0. The van der Waals surface area contributed by atoms with Crippen molar-refractivity contribution in [2.45, 2.75) is 25.8 Å². The quantitative estimate of drug-likeness (QED) is 0.851. The Kier molecular flexibility index (Phi) is 2.39. The van der Waals surface area contributed by atoms with E-state index in [1.807, 2.05) is 35.9 Å². The lowest BCUT2D eigenvalue weighted by molar-refractivity contribution is 0.0996. The SMILES string of the molecule is Cc1nn(C2CC2)c2c1C(c1ccc(Cl)cc1)=NC2=O. The summed E-state index contributed by atoms with van der Waals surface area (Å²) in [7, 11) is 0. The van der Waals surface area contributed by atoms with Crippen LogP contribution in [0.4, 0.5) is 0 Å². The van der Waals surface area contributed by atoms with Crippen LogP contribution in [0.3, 0.4) is 0 Å². The molecule has 2 heterocycles. The minimum Gasteiger partial charge on any atom is -0.265 e. The van der Waals surface area contributed by atoms with Gasteiger partial charge in [-0.1, -0.05) is 23.7 Å². The maximum atomic E-state index is 12.2. The van der Waals surface area contributed by atoms with Gasteiger partial charge >= 0.3 is 0 Å². The van der Waals surface area contributed by atoms with Crippen LogP contribution in [0.15, 0.2) is 29.3 Å². The number of fused-ring (bicyclic) bond motifs is 1. The van der Waals surface area contributed by atoms with E-state index in [1.165, 1.54) is 0 Å². The van der Waals surface area contributed by atoms with E-state index in [4.69, 9.17) is 11.6 Å². The van der Waals surface area contributed by atoms with Crippen LogP contribution in [0, 0.1) is 6.92 Å². The Balaban J connectivity index is 1.87. The topological polar surface area (TPSA) is 47.2 Å². The molecule has 20 heavy (non-hydrogen) atoms. The van der Waals surface area contributed by atoms with Crippen molar-refractivity contribution in [3.8, 4) is 0 Å². The van der Waals surface area contributed by atoms with Gasteiger partial charge in [-0.05, 0) is 31.9 Å². The Morgan fingerprint density at radius 2 is 1.95 bits per heavy atom. The van der Waals surface area contributed by atoms with Crippen LogP contribution in [0.25, 0.3) is 0 Å². The van der Waals surface area contributed by atoms with Crippen molar-refractivity contribution in [2.75, 3.05) is 0 Å². The van der Waals surface area contributed by atoms with Crippen LogP contribution < -0.4 is 0 Å². The summed E-state index contributed by atoms with van der Waals surface area (Å²) in [4.78, 5) is 16.4. The number of rotatable bonds is 2. The van der Waals surface area contributed by atoms with Crippen molar-refractivity contribution >= 4 is 23.2 Å². The van der Waals surface area contributed by atoms with Crippen molar-refractivity contribution in [3.05, 3.63) is 51.8 Å². The highest BCUT2D eigenvalue weighted by Crippen LogP contribution is 2.38. The summed E-state index contributed by atoms with van der Waals surface area (Å²) >= 11 is 5.91.